The van der Waals surface area contributed by atoms with Gasteiger partial charge < -0.3 is 11.3 Å². The van der Waals surface area contributed by atoms with Gasteiger partial charge in [-0.15, -0.1) is 0 Å². The van der Waals surface area contributed by atoms with Gasteiger partial charge >= 0.3 is 18.9 Å². The molecule has 0 heterocycles. The van der Waals surface area contributed by atoms with E-state index in [4.69, 9.17) is 16.2 Å². The fourth-order valence-corrected chi connectivity index (χ4v) is 1.37. The van der Waals surface area contributed by atoms with E-state index in [1.165, 1.54) is 20.0 Å². The molecule has 0 fully saturated rings. The Kier molecular flexibility index (Phi) is 12.0. The fraction of sp³-hybridized carbons (Fsp3) is 0.833. The Labute approximate surface area is 112 Å². The quantitative estimate of drug-likeness (QED) is 0.140. The van der Waals surface area contributed by atoms with Crippen molar-refractivity contribution in [1.29, 1.82) is 0 Å². The number of hydrogen-bond acceptors (Lipinski definition) is 3. The van der Waals surface area contributed by atoms with Crippen molar-refractivity contribution >= 4 is 0 Å². The molecule has 0 saturated heterocycles. The van der Waals surface area contributed by atoms with Crippen molar-refractivity contribution in [2.45, 2.75) is 58.3 Å². The first-order valence-electron chi connectivity index (χ1n) is 5.50. The summed E-state index contributed by atoms with van der Waals surface area (Å²) < 4.78 is 5.65. The molecule has 0 aromatic rings. The molecule has 0 aliphatic rings. The van der Waals surface area contributed by atoms with Crippen LogP contribution in [-0.4, -0.2) is 19.0 Å². The van der Waals surface area contributed by atoms with Gasteiger partial charge in [-0.2, -0.15) is 0 Å². The zero-order chi connectivity index (χ0) is 11.7. The van der Waals surface area contributed by atoms with Crippen LogP contribution in [0.3, 0.4) is 0 Å². The van der Waals surface area contributed by atoms with Crippen LogP contribution in [0.15, 0.2) is 6.08 Å². The zero-order valence-corrected chi connectivity index (χ0v) is 11.3. The Morgan fingerprint density at radius 1 is 1.31 bits per heavy atom. The minimum atomic E-state index is -0.762. The number of hydrogen-bond donors (Lipinski definition) is 0. The Bertz CT molecular complexity index is 172. The summed E-state index contributed by atoms with van der Waals surface area (Å²) in [6, 6.07) is 0. The zero-order valence-electron chi connectivity index (χ0n) is 11.3. The summed E-state index contributed by atoms with van der Waals surface area (Å²) in [5.74, 6) is -0.762. The van der Waals surface area contributed by atoms with Gasteiger partial charge in [-0.3, -0.25) is 0 Å². The van der Waals surface area contributed by atoms with Gasteiger partial charge in [-0.05, 0) is 20.3 Å². The molecule has 0 N–H and O–H groups in total. The maximum absolute atomic E-state index is 5.65. The van der Waals surface area contributed by atoms with Crippen molar-refractivity contribution in [1.82, 2.24) is 0 Å². The SMILES string of the molecule is [CH-]=CC(CCCCC)OC(C)(C)OOC.[Li+]. The first-order valence-corrected chi connectivity index (χ1v) is 5.50. The summed E-state index contributed by atoms with van der Waals surface area (Å²) in [5.41, 5.74) is 0. The summed E-state index contributed by atoms with van der Waals surface area (Å²) in [5, 5.41) is 0. The van der Waals surface area contributed by atoms with Crippen molar-refractivity contribution in [3.05, 3.63) is 12.7 Å². The van der Waals surface area contributed by atoms with Crippen LogP contribution < -0.4 is 18.9 Å². The van der Waals surface area contributed by atoms with E-state index in [0.717, 1.165) is 12.8 Å². The molecule has 3 nitrogen and oxygen atoms in total. The molecule has 0 bridgehead atoms. The smallest absolute Gasteiger partial charge is 0.515 e. The molecule has 0 radical (unpaired) electrons. The molecule has 16 heavy (non-hydrogen) atoms. The van der Waals surface area contributed by atoms with Gasteiger partial charge in [-0.1, -0.05) is 26.2 Å². The summed E-state index contributed by atoms with van der Waals surface area (Å²) in [6.07, 6.45) is 5.89. The van der Waals surface area contributed by atoms with Gasteiger partial charge in [0, 0.05) is 6.10 Å². The second kappa shape index (κ2) is 10.4. The summed E-state index contributed by atoms with van der Waals surface area (Å²) in [4.78, 5) is 9.57. The molecule has 0 aliphatic heterocycles. The molecule has 0 aromatic heterocycles. The average molecular weight is 222 g/mol. The van der Waals surface area contributed by atoms with Crippen LogP contribution >= 0.6 is 0 Å². The van der Waals surface area contributed by atoms with Crippen molar-refractivity contribution in [2.75, 3.05) is 7.11 Å². The van der Waals surface area contributed by atoms with E-state index >= 15 is 0 Å². The molecular weight excluding hydrogens is 199 g/mol. The van der Waals surface area contributed by atoms with E-state index in [2.05, 4.69) is 11.8 Å². The second-order valence-electron chi connectivity index (χ2n) is 3.99. The molecule has 0 aliphatic carbocycles. The average Bonchev–Trinajstić information content (AvgIpc) is 2.16. The molecular formula is C12H23LiO3. The molecule has 0 amide bonds. The molecule has 0 rings (SSSR count). The van der Waals surface area contributed by atoms with Gasteiger partial charge in [-0.25, -0.2) is 15.9 Å². The van der Waals surface area contributed by atoms with Gasteiger partial charge in [0.1, 0.15) is 0 Å². The third-order valence-corrected chi connectivity index (χ3v) is 2.03. The topological polar surface area (TPSA) is 27.7 Å². The minimum absolute atomic E-state index is 0. The summed E-state index contributed by atoms with van der Waals surface area (Å²) in [7, 11) is 1.46. The molecule has 1 unspecified atom stereocenters. The van der Waals surface area contributed by atoms with E-state index in [1.807, 2.05) is 0 Å². The van der Waals surface area contributed by atoms with Crippen LogP contribution in [0.1, 0.15) is 46.5 Å². The predicted octanol–water partition coefficient (Wildman–Crippen LogP) is 0.259. The van der Waals surface area contributed by atoms with E-state index in [0.29, 0.717) is 0 Å². The van der Waals surface area contributed by atoms with Crippen LogP contribution in [0.25, 0.3) is 0 Å². The van der Waals surface area contributed by atoms with E-state index in [-0.39, 0.29) is 25.0 Å². The molecule has 4 heteroatoms. The standard InChI is InChI=1S/C12H23O3.Li/c1-6-8-9-10-11(7-2)14-12(3,4)15-13-5;/h2,7,11H,6,8-10H2,1,3-5H3;/q-1;+1. The Morgan fingerprint density at radius 2 is 1.94 bits per heavy atom. The fourth-order valence-electron chi connectivity index (χ4n) is 1.37. The van der Waals surface area contributed by atoms with Crippen LogP contribution in [0.2, 0.25) is 0 Å². The normalized spacial score (nSPS) is 13.0. The van der Waals surface area contributed by atoms with Crippen LogP contribution in [0.4, 0.5) is 0 Å². The maximum atomic E-state index is 5.65. The largest absolute Gasteiger partial charge is 1.00 e. The number of unbranched alkanes of at least 4 members (excludes halogenated alkanes) is 2. The van der Waals surface area contributed by atoms with Gasteiger partial charge in [0.2, 0.25) is 0 Å². The Morgan fingerprint density at radius 3 is 2.38 bits per heavy atom. The van der Waals surface area contributed by atoms with Crippen LogP contribution in [-0.2, 0) is 14.5 Å². The monoisotopic (exact) mass is 222 g/mol. The summed E-state index contributed by atoms with van der Waals surface area (Å²) >= 11 is 0. The van der Waals surface area contributed by atoms with Crippen molar-refractivity contribution in [3.8, 4) is 0 Å². The molecule has 1 atom stereocenters. The molecule has 90 valence electrons. The van der Waals surface area contributed by atoms with E-state index < -0.39 is 5.79 Å². The van der Waals surface area contributed by atoms with Crippen LogP contribution in [0, 0.1) is 6.58 Å². The Balaban J connectivity index is 0. The van der Waals surface area contributed by atoms with Gasteiger partial charge in [0.15, 0.2) is 5.79 Å². The van der Waals surface area contributed by atoms with E-state index in [9.17, 15) is 0 Å². The van der Waals surface area contributed by atoms with Gasteiger partial charge in [0.25, 0.3) is 0 Å². The van der Waals surface area contributed by atoms with Crippen LogP contribution in [0.5, 0.6) is 0 Å². The maximum Gasteiger partial charge on any atom is 1.00 e. The Hall–Kier alpha value is 0.217. The van der Waals surface area contributed by atoms with Crippen molar-refractivity contribution in [2.24, 2.45) is 0 Å². The van der Waals surface area contributed by atoms with Crippen molar-refractivity contribution < 1.29 is 33.4 Å². The van der Waals surface area contributed by atoms with Gasteiger partial charge in [0.05, 0.1) is 7.11 Å². The number of rotatable bonds is 9. The second-order valence-corrected chi connectivity index (χ2v) is 3.99. The van der Waals surface area contributed by atoms with Crippen molar-refractivity contribution in [3.63, 3.8) is 0 Å². The molecule has 0 saturated carbocycles. The summed E-state index contributed by atoms with van der Waals surface area (Å²) in [6.45, 7) is 11.3. The predicted molar refractivity (Wildman–Crippen MR) is 60.1 cm³/mol. The van der Waals surface area contributed by atoms with E-state index in [1.54, 1.807) is 19.9 Å². The number of ether oxygens (including phenoxy) is 1. The minimum Gasteiger partial charge on any atom is -0.515 e. The third-order valence-electron chi connectivity index (χ3n) is 2.03. The third kappa shape index (κ3) is 9.44. The molecule has 0 spiro atoms. The first kappa shape index (κ1) is 18.6. The molecule has 0 aromatic carbocycles. The first-order chi connectivity index (χ1) is 7.05.